The molecule has 0 N–H and O–H groups in total. The van der Waals surface area contributed by atoms with Crippen molar-refractivity contribution < 1.29 is 14.2 Å². The quantitative estimate of drug-likeness (QED) is 0.462. The van der Waals surface area contributed by atoms with Gasteiger partial charge >= 0.3 is 0 Å². The molecule has 0 radical (unpaired) electrons. The Morgan fingerprint density at radius 1 is 1.19 bits per heavy atom. The molecule has 0 bridgehead atoms. The van der Waals surface area contributed by atoms with Gasteiger partial charge in [0, 0.05) is 56.4 Å². The van der Waals surface area contributed by atoms with Crippen LogP contribution in [0.1, 0.15) is 16.7 Å². The Hall–Kier alpha value is -2.63. The summed E-state index contributed by atoms with van der Waals surface area (Å²) >= 11 is 0. The van der Waals surface area contributed by atoms with Crippen molar-refractivity contribution >= 4 is 34.1 Å². The van der Waals surface area contributed by atoms with Gasteiger partial charge in [-0.15, -0.1) is 0 Å². The van der Waals surface area contributed by atoms with Crippen molar-refractivity contribution in [3.63, 3.8) is 0 Å². The second-order valence-electron chi connectivity index (χ2n) is 6.44. The van der Waals surface area contributed by atoms with E-state index in [9.17, 15) is 0 Å². The monoisotopic (exact) mass is 366 g/mol. The van der Waals surface area contributed by atoms with Crippen LogP contribution >= 0.6 is 0 Å². The Kier molecular flexibility index (Phi) is 5.63. The van der Waals surface area contributed by atoms with Crippen LogP contribution in [-0.2, 0) is 16.5 Å². The number of aryl methyl sites for hydroxylation is 2. The standard InChI is InChI=1S/C22H26N2O3/c1-7-17-14(2)22-19(10-15(17)12-23-3)18-11-16(8-9-20(18)24(22)4)27-13-21(25-5)26-6/h7-12,21H,1,13H2,2-6H3. The smallest absolute Gasteiger partial charge is 0.191 e. The third-order valence-electron chi connectivity index (χ3n) is 4.96. The third kappa shape index (κ3) is 3.36. The summed E-state index contributed by atoms with van der Waals surface area (Å²) in [6.45, 7) is 6.44. The Morgan fingerprint density at radius 2 is 1.93 bits per heavy atom. The molecule has 27 heavy (non-hydrogen) atoms. The predicted octanol–water partition coefficient (Wildman–Crippen LogP) is 4.33. The number of hydrogen-bond donors (Lipinski definition) is 0. The molecule has 0 amide bonds. The Labute approximate surface area is 159 Å². The van der Waals surface area contributed by atoms with Crippen LogP contribution in [0.3, 0.4) is 0 Å². The van der Waals surface area contributed by atoms with E-state index in [0.29, 0.717) is 6.61 Å². The van der Waals surface area contributed by atoms with E-state index in [1.165, 1.54) is 16.5 Å². The first-order valence-electron chi connectivity index (χ1n) is 8.84. The number of fused-ring (bicyclic) bond motifs is 3. The molecule has 0 aliphatic rings. The Morgan fingerprint density at radius 3 is 2.56 bits per heavy atom. The summed E-state index contributed by atoms with van der Waals surface area (Å²) in [6, 6.07) is 8.30. The molecule has 0 aliphatic heterocycles. The van der Waals surface area contributed by atoms with Crippen molar-refractivity contribution in [1.29, 1.82) is 0 Å². The minimum absolute atomic E-state index is 0.330. The maximum atomic E-state index is 5.87. The van der Waals surface area contributed by atoms with Crippen LogP contribution in [0.15, 0.2) is 35.8 Å². The first-order valence-corrected chi connectivity index (χ1v) is 8.84. The second-order valence-corrected chi connectivity index (χ2v) is 6.44. The highest BCUT2D eigenvalue weighted by atomic mass is 16.7. The molecule has 5 heteroatoms. The number of benzene rings is 2. The third-order valence-corrected chi connectivity index (χ3v) is 4.96. The lowest BCUT2D eigenvalue weighted by Gasteiger charge is -2.14. The number of rotatable bonds is 7. The van der Waals surface area contributed by atoms with Crippen molar-refractivity contribution in [3.8, 4) is 5.75 Å². The first-order chi connectivity index (χ1) is 13.0. The van der Waals surface area contributed by atoms with Crippen LogP contribution in [0.2, 0.25) is 0 Å². The molecule has 0 saturated heterocycles. The lowest BCUT2D eigenvalue weighted by molar-refractivity contribution is -0.121. The predicted molar refractivity (Wildman–Crippen MR) is 112 cm³/mol. The summed E-state index contributed by atoms with van der Waals surface area (Å²) in [4.78, 5) is 4.20. The highest BCUT2D eigenvalue weighted by molar-refractivity contribution is 6.12. The summed E-state index contributed by atoms with van der Waals surface area (Å²) in [5.74, 6) is 0.783. The maximum absolute atomic E-state index is 5.87. The Bertz CT molecular complexity index is 1010. The molecule has 0 aliphatic carbocycles. The summed E-state index contributed by atoms with van der Waals surface area (Å²) in [6.07, 6.45) is 3.39. The lowest BCUT2D eigenvalue weighted by Crippen LogP contribution is -2.21. The highest BCUT2D eigenvalue weighted by Gasteiger charge is 2.16. The molecule has 3 aromatic rings. The summed E-state index contributed by atoms with van der Waals surface area (Å²) in [5.41, 5.74) is 5.71. The number of aromatic nitrogens is 1. The average Bonchev–Trinajstić information content (AvgIpc) is 2.95. The highest BCUT2D eigenvalue weighted by Crippen LogP contribution is 2.35. The molecule has 142 valence electrons. The van der Waals surface area contributed by atoms with Crippen molar-refractivity contribution in [2.24, 2.45) is 12.0 Å². The van der Waals surface area contributed by atoms with E-state index in [1.54, 1.807) is 21.3 Å². The summed E-state index contributed by atoms with van der Waals surface area (Å²) < 4.78 is 18.5. The van der Waals surface area contributed by atoms with E-state index in [0.717, 1.165) is 27.8 Å². The SMILES string of the molecule is C=Cc1c(C=NC)cc2c3cc(OCC(OC)OC)ccc3n(C)c2c1C. The van der Waals surface area contributed by atoms with Gasteiger partial charge < -0.3 is 18.8 Å². The van der Waals surface area contributed by atoms with Gasteiger partial charge in [0.05, 0.1) is 5.52 Å². The minimum Gasteiger partial charge on any atom is -0.488 e. The van der Waals surface area contributed by atoms with Crippen molar-refractivity contribution in [2.75, 3.05) is 27.9 Å². The van der Waals surface area contributed by atoms with Gasteiger partial charge in [-0.3, -0.25) is 4.99 Å². The van der Waals surface area contributed by atoms with Gasteiger partial charge in [0.2, 0.25) is 0 Å². The lowest BCUT2D eigenvalue weighted by atomic mass is 9.98. The molecule has 5 nitrogen and oxygen atoms in total. The molecular weight excluding hydrogens is 340 g/mol. The van der Waals surface area contributed by atoms with Crippen molar-refractivity contribution in [1.82, 2.24) is 4.57 Å². The largest absolute Gasteiger partial charge is 0.488 e. The first kappa shape index (κ1) is 19.1. The number of nitrogens with zero attached hydrogens (tertiary/aromatic N) is 2. The molecule has 0 unspecified atom stereocenters. The van der Waals surface area contributed by atoms with Crippen LogP contribution in [0.4, 0.5) is 0 Å². The summed E-state index contributed by atoms with van der Waals surface area (Å²) in [7, 11) is 7.07. The average molecular weight is 366 g/mol. The van der Waals surface area contributed by atoms with E-state index in [2.05, 4.69) is 48.3 Å². The van der Waals surface area contributed by atoms with E-state index < -0.39 is 6.29 Å². The molecule has 2 aromatic carbocycles. The number of aliphatic imine (C=N–C) groups is 1. The zero-order chi connectivity index (χ0) is 19.6. The fourth-order valence-corrected chi connectivity index (χ4v) is 3.63. The van der Waals surface area contributed by atoms with Gasteiger partial charge in [-0.05, 0) is 42.3 Å². The number of hydrogen-bond acceptors (Lipinski definition) is 4. The molecule has 0 saturated carbocycles. The van der Waals surface area contributed by atoms with Crippen molar-refractivity contribution in [3.05, 3.63) is 47.5 Å². The van der Waals surface area contributed by atoms with Gasteiger partial charge in [0.1, 0.15) is 12.4 Å². The zero-order valence-electron chi connectivity index (χ0n) is 16.6. The minimum atomic E-state index is -0.391. The van der Waals surface area contributed by atoms with Crippen molar-refractivity contribution in [2.45, 2.75) is 13.2 Å². The van der Waals surface area contributed by atoms with E-state index in [1.807, 2.05) is 18.4 Å². The molecule has 0 spiro atoms. The van der Waals surface area contributed by atoms with Gasteiger partial charge in [0.25, 0.3) is 0 Å². The molecular formula is C22H26N2O3. The maximum Gasteiger partial charge on any atom is 0.191 e. The molecule has 1 aromatic heterocycles. The van der Waals surface area contributed by atoms with Crippen LogP contribution < -0.4 is 4.74 Å². The van der Waals surface area contributed by atoms with Gasteiger partial charge in [0.15, 0.2) is 6.29 Å². The molecule has 3 rings (SSSR count). The van der Waals surface area contributed by atoms with E-state index >= 15 is 0 Å². The van der Waals surface area contributed by atoms with Gasteiger partial charge in [-0.25, -0.2) is 0 Å². The Balaban J connectivity index is 2.18. The topological polar surface area (TPSA) is 45.0 Å². The number of methoxy groups -OCH3 is 2. The van der Waals surface area contributed by atoms with Crippen LogP contribution in [0, 0.1) is 6.92 Å². The van der Waals surface area contributed by atoms with Gasteiger partial charge in [-0.1, -0.05) is 12.7 Å². The molecule has 0 atom stereocenters. The normalized spacial score (nSPS) is 11.9. The van der Waals surface area contributed by atoms with Crippen LogP contribution in [-0.4, -0.2) is 44.9 Å². The van der Waals surface area contributed by atoms with Crippen LogP contribution in [0.25, 0.3) is 27.9 Å². The zero-order valence-corrected chi connectivity index (χ0v) is 16.6. The summed E-state index contributed by atoms with van der Waals surface area (Å²) in [5, 5.41) is 2.31. The fraction of sp³-hybridized carbons (Fsp3) is 0.318. The molecule has 1 heterocycles. The second kappa shape index (κ2) is 7.94. The van der Waals surface area contributed by atoms with E-state index in [-0.39, 0.29) is 0 Å². The fourth-order valence-electron chi connectivity index (χ4n) is 3.63. The molecule has 0 fully saturated rings. The van der Waals surface area contributed by atoms with Crippen LogP contribution in [0.5, 0.6) is 5.75 Å². The van der Waals surface area contributed by atoms with E-state index in [4.69, 9.17) is 14.2 Å². The number of ether oxygens (including phenoxy) is 3. The van der Waals surface area contributed by atoms with Gasteiger partial charge in [-0.2, -0.15) is 0 Å².